The number of ether oxygens (including phenoxy) is 1. The Morgan fingerprint density at radius 3 is 2.84 bits per heavy atom. The van der Waals surface area contributed by atoms with Crippen LogP contribution in [0.15, 0.2) is 16.4 Å². The second-order valence-corrected chi connectivity index (χ2v) is 5.81. The summed E-state index contributed by atoms with van der Waals surface area (Å²) >= 11 is 1.82. The van der Waals surface area contributed by atoms with E-state index in [9.17, 15) is 0 Å². The number of guanidine groups is 1. The molecule has 1 unspecified atom stereocenters. The summed E-state index contributed by atoms with van der Waals surface area (Å²) in [6, 6.07) is 2.18. The van der Waals surface area contributed by atoms with E-state index in [1.807, 2.05) is 11.3 Å². The largest absolute Gasteiger partial charge is 0.368 e. The SMILES string of the molecule is CCNC(=NCC1(C)OCCc2sccc21)NCC. The lowest BCUT2D eigenvalue weighted by atomic mass is 9.93. The van der Waals surface area contributed by atoms with Crippen LogP contribution in [0.4, 0.5) is 0 Å². The Morgan fingerprint density at radius 2 is 2.16 bits per heavy atom. The normalized spacial score (nSPS) is 21.6. The van der Waals surface area contributed by atoms with Crippen LogP contribution < -0.4 is 10.6 Å². The molecule has 1 aliphatic heterocycles. The van der Waals surface area contributed by atoms with Crippen LogP contribution in [-0.2, 0) is 16.8 Å². The molecule has 0 saturated carbocycles. The number of hydrogen-bond acceptors (Lipinski definition) is 3. The summed E-state index contributed by atoms with van der Waals surface area (Å²) in [7, 11) is 0. The van der Waals surface area contributed by atoms with Crippen molar-refractivity contribution in [1.82, 2.24) is 10.6 Å². The zero-order valence-corrected chi connectivity index (χ0v) is 12.8. The van der Waals surface area contributed by atoms with E-state index in [2.05, 4.69) is 47.8 Å². The van der Waals surface area contributed by atoms with Crippen molar-refractivity contribution in [1.29, 1.82) is 0 Å². The molecule has 19 heavy (non-hydrogen) atoms. The highest BCUT2D eigenvalue weighted by Gasteiger charge is 2.33. The van der Waals surface area contributed by atoms with Gasteiger partial charge in [0.15, 0.2) is 5.96 Å². The minimum atomic E-state index is -0.288. The number of rotatable bonds is 4. The molecule has 5 heteroatoms. The van der Waals surface area contributed by atoms with E-state index in [0.717, 1.165) is 32.1 Å². The first-order valence-corrected chi connectivity index (χ1v) is 7.80. The molecule has 0 saturated heterocycles. The zero-order valence-electron chi connectivity index (χ0n) is 12.0. The lowest BCUT2D eigenvalue weighted by Gasteiger charge is -2.33. The van der Waals surface area contributed by atoms with Crippen LogP contribution in [-0.4, -0.2) is 32.2 Å². The van der Waals surface area contributed by atoms with Gasteiger partial charge in [0, 0.05) is 24.4 Å². The summed E-state index contributed by atoms with van der Waals surface area (Å²) < 4.78 is 6.00. The Labute approximate surface area is 119 Å². The van der Waals surface area contributed by atoms with Crippen molar-refractivity contribution in [2.45, 2.75) is 32.8 Å². The highest BCUT2D eigenvalue weighted by atomic mass is 32.1. The standard InChI is InChI=1S/C14H23N3OS/c1-4-15-13(16-5-2)17-10-14(3)11-7-9-19-12(11)6-8-18-14/h7,9H,4-6,8,10H2,1-3H3,(H2,15,16,17). The quantitative estimate of drug-likeness (QED) is 0.656. The molecular formula is C14H23N3OS. The van der Waals surface area contributed by atoms with Crippen molar-refractivity contribution in [2.75, 3.05) is 26.2 Å². The maximum absolute atomic E-state index is 6.00. The Kier molecular flexibility index (Phi) is 4.82. The third-order valence-corrected chi connectivity index (χ3v) is 4.27. The Hall–Kier alpha value is -1.07. The fourth-order valence-corrected chi connectivity index (χ4v) is 3.30. The van der Waals surface area contributed by atoms with Gasteiger partial charge in [-0.15, -0.1) is 11.3 Å². The molecule has 0 amide bonds. The molecule has 106 valence electrons. The van der Waals surface area contributed by atoms with Gasteiger partial charge in [0.1, 0.15) is 5.60 Å². The van der Waals surface area contributed by atoms with Crippen LogP contribution in [0.3, 0.4) is 0 Å². The van der Waals surface area contributed by atoms with Crippen LogP contribution in [0.25, 0.3) is 0 Å². The van der Waals surface area contributed by atoms with E-state index in [1.54, 1.807) is 0 Å². The minimum Gasteiger partial charge on any atom is -0.368 e. The molecule has 2 heterocycles. The summed E-state index contributed by atoms with van der Waals surface area (Å²) in [5.74, 6) is 0.858. The number of aliphatic imine (C=N–C) groups is 1. The van der Waals surface area contributed by atoms with Crippen LogP contribution >= 0.6 is 11.3 Å². The van der Waals surface area contributed by atoms with Gasteiger partial charge in [-0.1, -0.05) is 0 Å². The first kappa shape index (κ1) is 14.3. The summed E-state index contributed by atoms with van der Waals surface area (Å²) in [4.78, 5) is 6.09. The van der Waals surface area contributed by atoms with Crippen molar-refractivity contribution >= 4 is 17.3 Å². The van der Waals surface area contributed by atoms with Crippen molar-refractivity contribution < 1.29 is 4.74 Å². The molecule has 2 rings (SSSR count). The number of fused-ring (bicyclic) bond motifs is 1. The molecule has 0 aromatic carbocycles. The van der Waals surface area contributed by atoms with Crippen LogP contribution in [0.2, 0.25) is 0 Å². The number of nitrogens with zero attached hydrogens (tertiary/aromatic N) is 1. The molecule has 1 aromatic rings. The van der Waals surface area contributed by atoms with Gasteiger partial charge in [-0.3, -0.25) is 0 Å². The molecule has 4 nitrogen and oxygen atoms in total. The second-order valence-electron chi connectivity index (χ2n) is 4.81. The second kappa shape index (κ2) is 6.39. The van der Waals surface area contributed by atoms with Gasteiger partial charge in [-0.2, -0.15) is 0 Å². The Bertz CT molecular complexity index is 436. The van der Waals surface area contributed by atoms with E-state index < -0.39 is 0 Å². The maximum Gasteiger partial charge on any atom is 0.191 e. The molecule has 1 aromatic heterocycles. The fourth-order valence-electron chi connectivity index (χ4n) is 2.32. The summed E-state index contributed by atoms with van der Waals surface area (Å²) in [6.07, 6.45) is 1.03. The van der Waals surface area contributed by atoms with Gasteiger partial charge in [-0.25, -0.2) is 4.99 Å². The predicted octanol–water partition coefficient (Wildman–Crippen LogP) is 2.11. The molecule has 1 atom stereocenters. The van der Waals surface area contributed by atoms with Gasteiger partial charge >= 0.3 is 0 Å². The smallest absolute Gasteiger partial charge is 0.191 e. The van der Waals surface area contributed by atoms with Crippen LogP contribution in [0.5, 0.6) is 0 Å². The molecule has 0 spiro atoms. The maximum atomic E-state index is 6.00. The fraction of sp³-hybridized carbons (Fsp3) is 0.643. The predicted molar refractivity (Wildman–Crippen MR) is 81.0 cm³/mol. The minimum absolute atomic E-state index is 0.288. The topological polar surface area (TPSA) is 45.7 Å². The molecule has 2 N–H and O–H groups in total. The van der Waals surface area contributed by atoms with Crippen molar-refractivity contribution in [2.24, 2.45) is 4.99 Å². The lowest BCUT2D eigenvalue weighted by Crippen LogP contribution is -2.40. The van der Waals surface area contributed by atoms with Gasteiger partial charge < -0.3 is 15.4 Å². The molecule has 0 aliphatic carbocycles. The van der Waals surface area contributed by atoms with Gasteiger partial charge in [0.2, 0.25) is 0 Å². The van der Waals surface area contributed by atoms with Gasteiger partial charge in [0.05, 0.1) is 13.2 Å². The lowest BCUT2D eigenvalue weighted by molar-refractivity contribution is -0.0375. The molecule has 0 fully saturated rings. The highest BCUT2D eigenvalue weighted by Crippen LogP contribution is 2.36. The van der Waals surface area contributed by atoms with Crippen molar-refractivity contribution in [3.8, 4) is 0 Å². The number of nitrogens with one attached hydrogen (secondary N) is 2. The molecular weight excluding hydrogens is 258 g/mol. The summed E-state index contributed by atoms with van der Waals surface area (Å²) in [6.45, 7) is 9.45. The number of thiophene rings is 1. The average molecular weight is 281 g/mol. The molecule has 0 radical (unpaired) electrons. The van der Waals surface area contributed by atoms with Crippen molar-refractivity contribution in [3.63, 3.8) is 0 Å². The molecule has 0 bridgehead atoms. The summed E-state index contributed by atoms with van der Waals surface area (Å²) in [5.41, 5.74) is 1.02. The monoisotopic (exact) mass is 281 g/mol. The van der Waals surface area contributed by atoms with E-state index in [-0.39, 0.29) is 5.60 Å². The van der Waals surface area contributed by atoms with Gasteiger partial charge in [0.25, 0.3) is 0 Å². The Balaban J connectivity index is 2.12. The zero-order chi connectivity index (χ0) is 13.7. The van der Waals surface area contributed by atoms with Gasteiger partial charge in [-0.05, 0) is 37.8 Å². The van der Waals surface area contributed by atoms with E-state index in [4.69, 9.17) is 4.74 Å². The number of hydrogen-bond donors (Lipinski definition) is 2. The van der Waals surface area contributed by atoms with Crippen molar-refractivity contribution in [3.05, 3.63) is 21.9 Å². The van der Waals surface area contributed by atoms with E-state index in [0.29, 0.717) is 6.54 Å². The van der Waals surface area contributed by atoms with E-state index in [1.165, 1.54) is 10.4 Å². The Morgan fingerprint density at radius 1 is 1.42 bits per heavy atom. The average Bonchev–Trinajstić information content (AvgIpc) is 2.87. The first-order valence-electron chi connectivity index (χ1n) is 6.92. The summed E-state index contributed by atoms with van der Waals surface area (Å²) in [5, 5.41) is 8.64. The highest BCUT2D eigenvalue weighted by molar-refractivity contribution is 7.10. The third kappa shape index (κ3) is 3.28. The first-order chi connectivity index (χ1) is 9.19. The molecule has 1 aliphatic rings. The third-order valence-electron chi connectivity index (χ3n) is 3.29. The van der Waals surface area contributed by atoms with E-state index >= 15 is 0 Å². The van der Waals surface area contributed by atoms with Crippen LogP contribution in [0.1, 0.15) is 31.2 Å². The van der Waals surface area contributed by atoms with Crippen LogP contribution in [0, 0.1) is 0 Å².